The van der Waals surface area contributed by atoms with Gasteiger partial charge in [-0.2, -0.15) is 5.53 Å². The van der Waals surface area contributed by atoms with E-state index in [9.17, 15) is 0 Å². The van der Waals surface area contributed by atoms with Crippen LogP contribution >= 0.6 is 0 Å². The molecular weight excluding hydrogens is 178 g/mol. The highest BCUT2D eigenvalue weighted by atomic mass is 16.5. The molecule has 0 saturated carbocycles. The van der Waals surface area contributed by atoms with Crippen LogP contribution in [0.15, 0.2) is 24.3 Å². The molecule has 1 aromatic carbocycles. The summed E-state index contributed by atoms with van der Waals surface area (Å²) in [6.45, 7) is 2.90. The van der Waals surface area contributed by atoms with Crippen molar-refractivity contribution in [2.75, 3.05) is 6.54 Å². The predicted molar refractivity (Wildman–Crippen MR) is 54.5 cm³/mol. The Hall–Kier alpha value is -1.10. The lowest BCUT2D eigenvalue weighted by atomic mass is 10.2. The van der Waals surface area contributed by atoms with Crippen molar-refractivity contribution in [2.24, 2.45) is 0 Å². The molecule has 0 bridgehead atoms. The Balaban J connectivity index is 2.00. The molecule has 0 spiro atoms. The van der Waals surface area contributed by atoms with Crippen molar-refractivity contribution < 1.29 is 4.74 Å². The topological polar surface area (TPSA) is 45.3 Å². The van der Waals surface area contributed by atoms with E-state index in [4.69, 9.17) is 4.74 Å². The molecule has 0 amide bonds. The van der Waals surface area contributed by atoms with Crippen molar-refractivity contribution in [2.45, 2.75) is 19.6 Å². The second-order valence-corrected chi connectivity index (χ2v) is 3.26. The van der Waals surface area contributed by atoms with E-state index in [1.54, 1.807) is 0 Å². The van der Waals surface area contributed by atoms with Gasteiger partial charge in [-0.15, -0.1) is 0 Å². The number of ether oxygens (including phenoxy) is 1. The molecule has 1 aromatic rings. The van der Waals surface area contributed by atoms with E-state index in [2.05, 4.69) is 35.4 Å². The van der Waals surface area contributed by atoms with Crippen LogP contribution in [-0.4, -0.2) is 12.8 Å². The van der Waals surface area contributed by atoms with Gasteiger partial charge in [0.1, 0.15) is 5.75 Å². The third-order valence-corrected chi connectivity index (χ3v) is 2.19. The summed E-state index contributed by atoms with van der Waals surface area (Å²) in [7, 11) is 0. The molecule has 0 aromatic heterocycles. The second kappa shape index (κ2) is 4.41. The van der Waals surface area contributed by atoms with Crippen LogP contribution < -0.4 is 21.1 Å². The minimum atomic E-state index is 0.00195. The Morgan fingerprint density at radius 3 is 3.14 bits per heavy atom. The third-order valence-electron chi connectivity index (χ3n) is 2.19. The monoisotopic (exact) mass is 193 g/mol. The Labute approximate surface area is 83.6 Å². The normalized spacial score (nSPS) is 21.1. The first-order valence-corrected chi connectivity index (χ1v) is 4.87. The second-order valence-electron chi connectivity index (χ2n) is 3.26. The van der Waals surface area contributed by atoms with Gasteiger partial charge in [0, 0.05) is 0 Å². The average Bonchev–Trinajstić information content (AvgIpc) is 2.71. The van der Waals surface area contributed by atoms with Gasteiger partial charge in [0.15, 0.2) is 6.23 Å². The lowest BCUT2D eigenvalue weighted by Gasteiger charge is -2.12. The highest BCUT2D eigenvalue weighted by Crippen LogP contribution is 2.14. The van der Waals surface area contributed by atoms with E-state index in [1.165, 1.54) is 5.56 Å². The Kier molecular flexibility index (Phi) is 2.98. The Morgan fingerprint density at radius 2 is 2.43 bits per heavy atom. The van der Waals surface area contributed by atoms with Crippen molar-refractivity contribution in [3.8, 4) is 5.75 Å². The smallest absolute Gasteiger partial charge is 0.177 e. The highest BCUT2D eigenvalue weighted by Gasteiger charge is 2.14. The summed E-state index contributed by atoms with van der Waals surface area (Å²) in [5.41, 5.74) is 9.98. The quantitative estimate of drug-likeness (QED) is 0.656. The summed E-state index contributed by atoms with van der Waals surface area (Å²) in [5, 5.41) is 0. The van der Waals surface area contributed by atoms with Gasteiger partial charge in [0.25, 0.3) is 0 Å². The van der Waals surface area contributed by atoms with Crippen LogP contribution in [0.4, 0.5) is 0 Å². The van der Waals surface area contributed by atoms with E-state index in [-0.39, 0.29) is 6.23 Å². The Bertz CT molecular complexity index is 297. The zero-order valence-corrected chi connectivity index (χ0v) is 8.21. The first-order valence-electron chi connectivity index (χ1n) is 4.87. The fraction of sp³-hybridized carbons (Fsp3) is 0.400. The van der Waals surface area contributed by atoms with Gasteiger partial charge in [0.05, 0.1) is 6.54 Å². The molecule has 1 fully saturated rings. The van der Waals surface area contributed by atoms with E-state index in [0.29, 0.717) is 0 Å². The molecular formula is C10H15N3O. The molecule has 4 nitrogen and oxygen atoms in total. The summed E-state index contributed by atoms with van der Waals surface area (Å²) in [6.07, 6.45) is 1.04. The van der Waals surface area contributed by atoms with Gasteiger partial charge in [-0.1, -0.05) is 19.1 Å². The molecule has 1 aliphatic heterocycles. The molecule has 1 aliphatic rings. The molecule has 0 radical (unpaired) electrons. The maximum atomic E-state index is 5.68. The lowest BCUT2D eigenvalue weighted by Crippen LogP contribution is -2.36. The fourth-order valence-corrected chi connectivity index (χ4v) is 1.40. The standard InChI is InChI=1S/C10H15N3O/c1-2-8-4-3-5-9(6-8)14-10-7-11-13-12-10/h3-6,10-13H,2,7H2,1H3. The lowest BCUT2D eigenvalue weighted by molar-refractivity contribution is 0.191. The first-order chi connectivity index (χ1) is 6.88. The number of hydrazine groups is 2. The third kappa shape index (κ3) is 2.23. The SMILES string of the molecule is CCc1cccc(OC2CNNN2)c1. The van der Waals surface area contributed by atoms with Gasteiger partial charge in [-0.05, 0) is 24.1 Å². The maximum absolute atomic E-state index is 5.68. The van der Waals surface area contributed by atoms with Gasteiger partial charge in [-0.3, -0.25) is 0 Å². The van der Waals surface area contributed by atoms with Crippen molar-refractivity contribution >= 4 is 0 Å². The molecule has 1 heterocycles. The molecule has 2 rings (SSSR count). The van der Waals surface area contributed by atoms with Crippen LogP contribution in [0.2, 0.25) is 0 Å². The van der Waals surface area contributed by atoms with Gasteiger partial charge in [0.2, 0.25) is 0 Å². The molecule has 14 heavy (non-hydrogen) atoms. The fourth-order valence-electron chi connectivity index (χ4n) is 1.40. The number of hydrogen-bond acceptors (Lipinski definition) is 4. The highest BCUT2D eigenvalue weighted by molar-refractivity contribution is 5.28. The van der Waals surface area contributed by atoms with Gasteiger partial charge < -0.3 is 4.74 Å². The molecule has 1 saturated heterocycles. The van der Waals surface area contributed by atoms with Crippen LogP contribution in [0.25, 0.3) is 0 Å². The van der Waals surface area contributed by atoms with E-state index in [0.717, 1.165) is 18.7 Å². The summed E-state index contributed by atoms with van der Waals surface area (Å²) < 4.78 is 5.68. The minimum absolute atomic E-state index is 0.00195. The molecule has 76 valence electrons. The van der Waals surface area contributed by atoms with Crippen molar-refractivity contribution in [1.29, 1.82) is 0 Å². The summed E-state index contributed by atoms with van der Waals surface area (Å²) in [4.78, 5) is 0. The summed E-state index contributed by atoms with van der Waals surface area (Å²) >= 11 is 0. The van der Waals surface area contributed by atoms with Crippen molar-refractivity contribution in [3.05, 3.63) is 29.8 Å². The molecule has 0 aliphatic carbocycles. The molecule has 4 heteroatoms. The minimum Gasteiger partial charge on any atom is -0.473 e. The molecule has 1 atom stereocenters. The summed E-state index contributed by atoms with van der Waals surface area (Å²) in [5.74, 6) is 0.910. The van der Waals surface area contributed by atoms with Crippen LogP contribution in [0.3, 0.4) is 0 Å². The zero-order chi connectivity index (χ0) is 9.80. The number of nitrogens with one attached hydrogen (secondary N) is 3. The van der Waals surface area contributed by atoms with Crippen LogP contribution in [-0.2, 0) is 6.42 Å². The van der Waals surface area contributed by atoms with Crippen LogP contribution in [0, 0.1) is 0 Å². The predicted octanol–water partition coefficient (Wildman–Crippen LogP) is 0.566. The maximum Gasteiger partial charge on any atom is 0.177 e. The molecule has 1 unspecified atom stereocenters. The Morgan fingerprint density at radius 1 is 1.50 bits per heavy atom. The van der Waals surface area contributed by atoms with Crippen LogP contribution in [0.1, 0.15) is 12.5 Å². The number of rotatable bonds is 3. The van der Waals surface area contributed by atoms with Crippen LogP contribution in [0.5, 0.6) is 5.75 Å². The van der Waals surface area contributed by atoms with E-state index in [1.807, 2.05) is 12.1 Å². The number of aryl methyl sites for hydroxylation is 1. The van der Waals surface area contributed by atoms with Crippen molar-refractivity contribution in [1.82, 2.24) is 16.4 Å². The zero-order valence-electron chi connectivity index (χ0n) is 8.21. The summed E-state index contributed by atoms with van der Waals surface area (Å²) in [6, 6.07) is 8.16. The van der Waals surface area contributed by atoms with Gasteiger partial charge >= 0.3 is 0 Å². The first kappa shape index (κ1) is 9.45. The largest absolute Gasteiger partial charge is 0.473 e. The van der Waals surface area contributed by atoms with E-state index >= 15 is 0 Å². The van der Waals surface area contributed by atoms with Crippen molar-refractivity contribution in [3.63, 3.8) is 0 Å². The van der Waals surface area contributed by atoms with E-state index < -0.39 is 0 Å². The van der Waals surface area contributed by atoms with Gasteiger partial charge in [-0.25, -0.2) is 10.9 Å². The molecule has 3 N–H and O–H groups in total. The average molecular weight is 193 g/mol. The number of benzene rings is 1. The number of hydrogen-bond donors (Lipinski definition) is 3.